The molecule has 0 aliphatic rings. The van der Waals surface area contributed by atoms with Crippen molar-refractivity contribution in [3.63, 3.8) is 0 Å². The van der Waals surface area contributed by atoms with Crippen molar-refractivity contribution in [2.45, 2.75) is 26.9 Å². The molecule has 1 aromatic rings. The summed E-state index contributed by atoms with van der Waals surface area (Å²) in [5, 5.41) is 19.5. The lowest BCUT2D eigenvalue weighted by molar-refractivity contribution is 0.106. The first-order valence-electron chi connectivity index (χ1n) is 6.87. The third kappa shape index (κ3) is 3.79. The Morgan fingerprint density at radius 3 is 2.71 bits per heavy atom. The van der Waals surface area contributed by atoms with Crippen LogP contribution in [0.15, 0.2) is 24.3 Å². The Bertz CT molecular complexity index is 487. The Kier molecular flexibility index (Phi) is 2.94. The van der Waals surface area contributed by atoms with E-state index in [2.05, 4.69) is 0 Å². The van der Waals surface area contributed by atoms with Crippen molar-refractivity contribution in [3.8, 4) is 11.5 Å². The topological polar surface area (TPSA) is 49.7 Å². The Labute approximate surface area is 107 Å². The molecule has 1 aromatic carbocycles. The van der Waals surface area contributed by atoms with Crippen LogP contribution in [0.4, 0.5) is 0 Å². The van der Waals surface area contributed by atoms with Crippen LogP contribution in [0, 0.1) is 5.41 Å². The summed E-state index contributed by atoms with van der Waals surface area (Å²) in [4.78, 5) is 0. The molecule has 0 aromatic heterocycles. The zero-order valence-electron chi connectivity index (χ0n) is 13.3. The van der Waals surface area contributed by atoms with Crippen molar-refractivity contribution in [1.29, 1.82) is 0 Å². The van der Waals surface area contributed by atoms with Gasteiger partial charge in [-0.25, -0.2) is 0 Å². The number of aliphatic hydroxyl groups excluding tert-OH is 1. The molecule has 1 rings (SSSR count). The Morgan fingerprint density at radius 1 is 1.41 bits per heavy atom. The molecular weight excluding hydrogens is 217 g/mol. The lowest BCUT2D eigenvalue weighted by Gasteiger charge is -2.22. The summed E-state index contributed by atoms with van der Waals surface area (Å²) in [5.41, 5.74) is 0.344. The first-order valence-corrected chi connectivity index (χ1v) is 5.37. The van der Waals surface area contributed by atoms with Crippen LogP contribution in [0.5, 0.6) is 11.5 Å². The summed E-state index contributed by atoms with van der Waals surface area (Å²) in [6.45, 7) is 5.71. The van der Waals surface area contributed by atoms with Gasteiger partial charge in [0.1, 0.15) is 0 Å². The van der Waals surface area contributed by atoms with E-state index in [1.54, 1.807) is 18.2 Å². The van der Waals surface area contributed by atoms with Crippen LogP contribution >= 0.6 is 0 Å². The number of benzene rings is 1. The summed E-state index contributed by atoms with van der Waals surface area (Å²) < 4.78 is 25.8. The third-order valence-corrected chi connectivity index (χ3v) is 2.45. The molecule has 94 valence electrons. The van der Waals surface area contributed by atoms with Crippen LogP contribution in [-0.4, -0.2) is 23.4 Å². The molecule has 17 heavy (non-hydrogen) atoms. The van der Waals surface area contributed by atoms with Gasteiger partial charge in [-0.1, -0.05) is 39.0 Å². The van der Waals surface area contributed by atoms with E-state index < -0.39 is 13.1 Å². The van der Waals surface area contributed by atoms with E-state index >= 15 is 0 Å². The number of hydrogen-bond acceptors (Lipinski definition) is 3. The van der Waals surface area contributed by atoms with Gasteiger partial charge in [0.15, 0.2) is 11.5 Å². The smallest absolute Gasteiger partial charge is 0.161 e. The number of phenols is 1. The number of aromatic hydroxyl groups is 1. The zero-order chi connectivity index (χ0) is 15.6. The third-order valence-electron chi connectivity index (χ3n) is 2.45. The normalized spacial score (nSPS) is 17.3. The number of phenolic OH excluding ortho intramolecular Hbond substituents is 1. The molecule has 0 saturated carbocycles. The first kappa shape index (κ1) is 9.54. The van der Waals surface area contributed by atoms with Crippen molar-refractivity contribution in [1.82, 2.24) is 0 Å². The lowest BCUT2D eigenvalue weighted by atomic mass is 9.89. The summed E-state index contributed by atoms with van der Waals surface area (Å²) in [6.07, 6.45) is 2.64. The maximum Gasteiger partial charge on any atom is 0.161 e. The minimum absolute atomic E-state index is 0.114. The van der Waals surface area contributed by atoms with E-state index in [1.165, 1.54) is 12.1 Å². The van der Waals surface area contributed by atoms with E-state index in [9.17, 15) is 10.2 Å². The molecule has 0 radical (unpaired) electrons. The molecule has 0 bridgehead atoms. The van der Waals surface area contributed by atoms with Gasteiger partial charge in [-0.05, 0) is 23.1 Å². The molecule has 0 aliphatic carbocycles. The summed E-state index contributed by atoms with van der Waals surface area (Å²) in [6, 6.07) is 4.37. The van der Waals surface area contributed by atoms with Crippen LogP contribution in [0.25, 0.3) is 6.08 Å². The Morgan fingerprint density at radius 2 is 2.12 bits per heavy atom. The highest BCUT2D eigenvalue weighted by Crippen LogP contribution is 2.27. The standard InChI is InChI=1S/C14H20O3/c1-14(2,3)13(16)8-6-10-5-7-11(15)12(9-10)17-4/h5-9,13,15-16H,1-4H3/b8-6+/i4+1D3. The monoisotopic (exact) mass is 240 g/mol. The fourth-order valence-corrected chi connectivity index (χ4v) is 1.21. The average Bonchev–Trinajstić information content (AvgIpc) is 2.26. The highest BCUT2D eigenvalue weighted by molar-refractivity contribution is 5.55. The summed E-state index contributed by atoms with van der Waals surface area (Å²) in [5.74, 6) is -0.355. The van der Waals surface area contributed by atoms with Crippen molar-refractivity contribution in [2.24, 2.45) is 5.41 Å². The number of ether oxygens (including phenoxy) is 1. The molecular formula is C14H20O3. The quantitative estimate of drug-likeness (QED) is 0.799. The van der Waals surface area contributed by atoms with E-state index in [-0.39, 0.29) is 16.9 Å². The van der Waals surface area contributed by atoms with Crippen molar-refractivity contribution in [3.05, 3.63) is 29.8 Å². The van der Waals surface area contributed by atoms with Crippen molar-refractivity contribution in [2.75, 3.05) is 7.04 Å². The van der Waals surface area contributed by atoms with Gasteiger partial charge >= 0.3 is 0 Å². The number of aliphatic hydroxyl groups is 1. The van der Waals surface area contributed by atoms with E-state index in [1.807, 2.05) is 20.8 Å². The fourth-order valence-electron chi connectivity index (χ4n) is 1.21. The largest absolute Gasteiger partial charge is 0.504 e. The zero-order valence-corrected chi connectivity index (χ0v) is 10.3. The Hall–Kier alpha value is -1.48. The van der Waals surface area contributed by atoms with Gasteiger partial charge in [-0.15, -0.1) is 0 Å². The van der Waals surface area contributed by atoms with Gasteiger partial charge in [-0.3, -0.25) is 0 Å². The van der Waals surface area contributed by atoms with Crippen molar-refractivity contribution < 1.29 is 19.1 Å². The number of methoxy groups -OCH3 is 1. The molecule has 3 nitrogen and oxygen atoms in total. The van der Waals surface area contributed by atoms with E-state index in [0.717, 1.165) is 0 Å². The molecule has 1 atom stereocenters. The highest BCUT2D eigenvalue weighted by Gasteiger charge is 2.18. The molecule has 1 unspecified atom stereocenters. The highest BCUT2D eigenvalue weighted by atomic mass is 16.5. The van der Waals surface area contributed by atoms with Crippen LogP contribution in [0.1, 0.15) is 30.4 Å². The van der Waals surface area contributed by atoms with Crippen LogP contribution < -0.4 is 4.74 Å². The molecule has 0 saturated heterocycles. The van der Waals surface area contributed by atoms with Gasteiger partial charge in [0.2, 0.25) is 0 Å². The molecule has 0 aliphatic heterocycles. The lowest BCUT2D eigenvalue weighted by Crippen LogP contribution is -2.23. The molecule has 0 heterocycles. The molecule has 0 amide bonds. The fraction of sp³-hybridized carbons (Fsp3) is 0.429. The second kappa shape index (κ2) is 5.23. The van der Waals surface area contributed by atoms with E-state index in [0.29, 0.717) is 5.56 Å². The van der Waals surface area contributed by atoms with Crippen LogP contribution in [0.3, 0.4) is 0 Å². The predicted octanol–water partition coefficient (Wildman–Crippen LogP) is 2.82. The predicted molar refractivity (Wildman–Crippen MR) is 69.2 cm³/mol. The minimum atomic E-state index is -2.62. The molecule has 2 N–H and O–H groups in total. The first-order chi connectivity index (χ1) is 8.99. The average molecular weight is 240 g/mol. The minimum Gasteiger partial charge on any atom is -0.504 e. The second-order valence-electron chi connectivity index (χ2n) is 5.00. The second-order valence-corrected chi connectivity index (χ2v) is 5.00. The Balaban J connectivity index is 2.93. The molecule has 0 fully saturated rings. The van der Waals surface area contributed by atoms with Crippen LogP contribution in [0.2, 0.25) is 0 Å². The summed E-state index contributed by atoms with van der Waals surface area (Å²) >= 11 is 0. The molecule has 0 spiro atoms. The van der Waals surface area contributed by atoms with Gasteiger partial charge in [0, 0.05) is 0 Å². The SMILES string of the molecule is [2H][13C]([2H])([2H])Oc1cc(/C=C/C(O)C(C)(C)C)ccc1O. The maximum atomic E-state index is 9.90. The van der Waals surface area contributed by atoms with Gasteiger partial charge in [0.25, 0.3) is 0 Å². The summed E-state index contributed by atoms with van der Waals surface area (Å²) in [7, 11) is -2.62. The molecule has 3 heteroatoms. The number of rotatable bonds is 3. The van der Waals surface area contributed by atoms with Crippen molar-refractivity contribution >= 4 is 6.08 Å². The van der Waals surface area contributed by atoms with E-state index in [4.69, 9.17) is 8.85 Å². The van der Waals surface area contributed by atoms with Gasteiger partial charge < -0.3 is 14.9 Å². The maximum absolute atomic E-state index is 9.90. The number of hydrogen-bond donors (Lipinski definition) is 2. The van der Waals surface area contributed by atoms with Gasteiger partial charge in [0.05, 0.1) is 17.3 Å². The van der Waals surface area contributed by atoms with Crippen LogP contribution in [-0.2, 0) is 0 Å². The van der Waals surface area contributed by atoms with Gasteiger partial charge in [-0.2, -0.15) is 0 Å².